The number of hydrogen-bond acceptors (Lipinski definition) is 6. The Morgan fingerprint density at radius 1 is 0.966 bits per heavy atom. The highest BCUT2D eigenvalue weighted by Crippen LogP contribution is 2.47. The summed E-state index contributed by atoms with van der Waals surface area (Å²) in [5.74, 6) is 1.21. The summed E-state index contributed by atoms with van der Waals surface area (Å²) in [6.45, 7) is 2.62. The standard InChI is InChI=1S/C21H22F2N6/c1-12(13-2-6-16(22)7-3-13)26-21-28-19(24)27-20(29-21)25-11-15-10-18(15)14-4-8-17(23)9-5-14/h2-9,12,15,18H,10-11H2,1H3,(H4,24,25,26,27,28,29)/t12-,15+,18+/m0/s1. The van der Waals surface area contributed by atoms with E-state index in [1.54, 1.807) is 12.1 Å². The van der Waals surface area contributed by atoms with E-state index in [0.717, 1.165) is 17.5 Å². The molecule has 2 aromatic carbocycles. The molecule has 3 aromatic rings. The fourth-order valence-corrected chi connectivity index (χ4v) is 3.38. The van der Waals surface area contributed by atoms with Gasteiger partial charge in [0.2, 0.25) is 17.8 Å². The normalized spacial score (nSPS) is 18.9. The Morgan fingerprint density at radius 3 is 2.28 bits per heavy atom. The minimum atomic E-state index is -0.282. The van der Waals surface area contributed by atoms with E-state index >= 15 is 0 Å². The van der Waals surface area contributed by atoms with E-state index in [1.165, 1.54) is 24.3 Å². The van der Waals surface area contributed by atoms with Crippen LogP contribution in [0, 0.1) is 17.6 Å². The smallest absolute Gasteiger partial charge is 0.229 e. The molecule has 1 aliphatic rings. The van der Waals surface area contributed by atoms with E-state index < -0.39 is 0 Å². The highest BCUT2D eigenvalue weighted by molar-refractivity contribution is 5.42. The molecule has 1 fully saturated rings. The van der Waals surface area contributed by atoms with Crippen molar-refractivity contribution in [2.75, 3.05) is 22.9 Å². The van der Waals surface area contributed by atoms with Crippen LogP contribution < -0.4 is 16.4 Å². The van der Waals surface area contributed by atoms with Gasteiger partial charge in [-0.05, 0) is 60.6 Å². The summed E-state index contributed by atoms with van der Waals surface area (Å²) in [6.07, 6.45) is 1.03. The van der Waals surface area contributed by atoms with Crippen LogP contribution in [0.3, 0.4) is 0 Å². The van der Waals surface area contributed by atoms with Crippen molar-refractivity contribution < 1.29 is 8.78 Å². The highest BCUT2D eigenvalue weighted by Gasteiger charge is 2.38. The van der Waals surface area contributed by atoms with E-state index in [9.17, 15) is 8.78 Å². The summed E-state index contributed by atoms with van der Waals surface area (Å²) in [6, 6.07) is 12.8. The predicted octanol–water partition coefficient (Wildman–Crippen LogP) is 4.12. The lowest BCUT2D eigenvalue weighted by Gasteiger charge is -2.15. The SMILES string of the molecule is C[C@H](Nc1nc(N)nc(NC[C@H]2C[C@@H]2c2ccc(F)cc2)n1)c1ccc(F)cc1. The van der Waals surface area contributed by atoms with Crippen molar-refractivity contribution in [1.82, 2.24) is 15.0 Å². The zero-order valence-corrected chi connectivity index (χ0v) is 15.9. The molecule has 1 heterocycles. The number of hydrogen-bond donors (Lipinski definition) is 3. The zero-order chi connectivity index (χ0) is 20.4. The number of benzene rings is 2. The number of halogens is 2. The zero-order valence-electron chi connectivity index (χ0n) is 15.9. The second-order valence-electron chi connectivity index (χ2n) is 7.29. The van der Waals surface area contributed by atoms with Crippen molar-refractivity contribution in [2.24, 2.45) is 5.92 Å². The fourth-order valence-electron chi connectivity index (χ4n) is 3.38. The van der Waals surface area contributed by atoms with Gasteiger partial charge in [-0.1, -0.05) is 24.3 Å². The van der Waals surface area contributed by atoms with Crippen molar-refractivity contribution >= 4 is 17.8 Å². The third-order valence-corrected chi connectivity index (χ3v) is 5.11. The number of nitrogens with two attached hydrogens (primary N) is 1. The van der Waals surface area contributed by atoms with Gasteiger partial charge in [0.1, 0.15) is 11.6 Å². The van der Waals surface area contributed by atoms with E-state index in [1.807, 2.05) is 19.1 Å². The van der Waals surface area contributed by atoms with Gasteiger partial charge in [-0.25, -0.2) is 8.78 Å². The molecule has 1 aromatic heterocycles. The van der Waals surface area contributed by atoms with Crippen molar-refractivity contribution in [3.8, 4) is 0 Å². The van der Waals surface area contributed by atoms with Crippen LogP contribution in [0.25, 0.3) is 0 Å². The van der Waals surface area contributed by atoms with Gasteiger partial charge in [-0.2, -0.15) is 15.0 Å². The Kier molecular flexibility index (Phi) is 5.24. The summed E-state index contributed by atoms with van der Waals surface area (Å²) >= 11 is 0. The van der Waals surface area contributed by atoms with E-state index in [4.69, 9.17) is 5.73 Å². The molecule has 150 valence electrons. The lowest BCUT2D eigenvalue weighted by Crippen LogP contribution is -2.14. The topological polar surface area (TPSA) is 88.8 Å². The van der Waals surface area contributed by atoms with Gasteiger partial charge >= 0.3 is 0 Å². The molecule has 0 aliphatic heterocycles. The van der Waals surface area contributed by atoms with E-state index in [2.05, 4.69) is 25.6 Å². The molecule has 0 spiro atoms. The first-order chi connectivity index (χ1) is 14.0. The molecule has 1 aliphatic carbocycles. The molecule has 4 rings (SSSR count). The Hall–Kier alpha value is -3.29. The van der Waals surface area contributed by atoms with Crippen LogP contribution in [0.5, 0.6) is 0 Å². The molecule has 6 nitrogen and oxygen atoms in total. The highest BCUT2D eigenvalue weighted by atomic mass is 19.1. The summed E-state index contributed by atoms with van der Waals surface area (Å²) in [5, 5.41) is 6.38. The molecular formula is C21H22F2N6. The number of anilines is 3. The maximum absolute atomic E-state index is 13.1. The summed E-state index contributed by atoms with van der Waals surface area (Å²) in [4.78, 5) is 12.6. The van der Waals surface area contributed by atoms with E-state index in [-0.39, 0.29) is 23.6 Å². The number of aromatic nitrogens is 3. The van der Waals surface area contributed by atoms with Gasteiger partial charge in [0.25, 0.3) is 0 Å². The largest absolute Gasteiger partial charge is 0.368 e. The van der Waals surface area contributed by atoms with Crippen LogP contribution in [0.2, 0.25) is 0 Å². The molecule has 0 saturated heterocycles. The Labute approximate surface area is 167 Å². The second kappa shape index (κ2) is 7.98. The molecule has 0 radical (unpaired) electrons. The minimum Gasteiger partial charge on any atom is -0.368 e. The summed E-state index contributed by atoms with van der Waals surface area (Å²) < 4.78 is 26.2. The first kappa shape index (κ1) is 19.0. The lowest BCUT2D eigenvalue weighted by atomic mass is 10.1. The molecule has 0 bridgehead atoms. The van der Waals surface area contributed by atoms with Crippen molar-refractivity contribution in [1.29, 1.82) is 0 Å². The number of nitrogens with one attached hydrogen (secondary N) is 2. The molecule has 4 N–H and O–H groups in total. The van der Waals surface area contributed by atoms with Gasteiger partial charge in [-0.3, -0.25) is 0 Å². The first-order valence-corrected chi connectivity index (χ1v) is 9.51. The van der Waals surface area contributed by atoms with Crippen molar-refractivity contribution in [3.05, 3.63) is 71.3 Å². The van der Waals surface area contributed by atoms with Gasteiger partial charge in [-0.15, -0.1) is 0 Å². The van der Waals surface area contributed by atoms with Crippen LogP contribution in [0.1, 0.15) is 36.4 Å². The molecule has 0 amide bonds. The monoisotopic (exact) mass is 396 g/mol. The van der Waals surface area contributed by atoms with Gasteiger partial charge in [0, 0.05) is 6.54 Å². The predicted molar refractivity (Wildman–Crippen MR) is 108 cm³/mol. The van der Waals surface area contributed by atoms with Gasteiger partial charge < -0.3 is 16.4 Å². The van der Waals surface area contributed by atoms with Crippen LogP contribution in [-0.4, -0.2) is 21.5 Å². The second-order valence-corrected chi connectivity index (χ2v) is 7.29. The average Bonchev–Trinajstić information content (AvgIpc) is 3.47. The van der Waals surface area contributed by atoms with Crippen molar-refractivity contribution in [2.45, 2.75) is 25.3 Å². The molecular weight excluding hydrogens is 374 g/mol. The van der Waals surface area contributed by atoms with Gasteiger partial charge in [0.05, 0.1) is 6.04 Å². The maximum Gasteiger partial charge on any atom is 0.229 e. The summed E-state index contributed by atoms with van der Waals surface area (Å²) in [7, 11) is 0. The minimum absolute atomic E-state index is 0.113. The molecule has 29 heavy (non-hydrogen) atoms. The van der Waals surface area contributed by atoms with Crippen LogP contribution in [-0.2, 0) is 0 Å². The average molecular weight is 396 g/mol. The lowest BCUT2D eigenvalue weighted by molar-refractivity contribution is 0.626. The Bertz CT molecular complexity index is 977. The summed E-state index contributed by atoms with van der Waals surface area (Å²) in [5.41, 5.74) is 7.87. The molecule has 0 unspecified atom stereocenters. The number of nitrogen functional groups attached to an aromatic ring is 1. The van der Waals surface area contributed by atoms with Gasteiger partial charge in [0.15, 0.2) is 0 Å². The Morgan fingerprint density at radius 2 is 1.59 bits per heavy atom. The fraction of sp³-hybridized carbons (Fsp3) is 0.286. The van der Waals surface area contributed by atoms with Crippen molar-refractivity contribution in [3.63, 3.8) is 0 Å². The van der Waals surface area contributed by atoms with E-state index in [0.29, 0.717) is 30.3 Å². The van der Waals surface area contributed by atoms with Crippen LogP contribution in [0.4, 0.5) is 26.6 Å². The first-order valence-electron chi connectivity index (χ1n) is 9.51. The third-order valence-electron chi connectivity index (χ3n) is 5.11. The third kappa shape index (κ3) is 4.77. The number of rotatable bonds is 7. The molecule has 8 heteroatoms. The Balaban J connectivity index is 1.36. The quantitative estimate of drug-likeness (QED) is 0.557. The number of nitrogens with zero attached hydrogens (tertiary/aromatic N) is 3. The maximum atomic E-state index is 13.1. The van der Waals surface area contributed by atoms with Crippen LogP contribution >= 0.6 is 0 Å². The van der Waals surface area contributed by atoms with Crippen LogP contribution in [0.15, 0.2) is 48.5 Å². The molecule has 3 atom stereocenters. The molecule has 1 saturated carbocycles.